The van der Waals surface area contributed by atoms with Crippen LogP contribution in [0.5, 0.6) is 0 Å². The van der Waals surface area contributed by atoms with Crippen molar-refractivity contribution in [1.29, 1.82) is 0 Å². The first-order valence-corrected chi connectivity index (χ1v) is 9.25. The van der Waals surface area contributed by atoms with Crippen LogP contribution in [-0.2, 0) is 26.6 Å². The second-order valence-corrected chi connectivity index (χ2v) is 6.97. The van der Waals surface area contributed by atoms with Crippen molar-refractivity contribution in [2.45, 2.75) is 19.5 Å². The molecule has 0 saturated carbocycles. The van der Waals surface area contributed by atoms with E-state index in [0.717, 1.165) is 31.2 Å². The predicted octanol–water partition coefficient (Wildman–Crippen LogP) is 4.12. The molecule has 3 aromatic heterocycles. The van der Waals surface area contributed by atoms with Crippen LogP contribution in [0.2, 0.25) is 0 Å². The van der Waals surface area contributed by atoms with E-state index in [1.165, 1.54) is 10.6 Å². The van der Waals surface area contributed by atoms with Gasteiger partial charge in [0.2, 0.25) is 0 Å². The average Bonchev–Trinajstić information content (AvgIpc) is 3.35. The van der Waals surface area contributed by atoms with Crippen LogP contribution >= 0.6 is 35.3 Å². The van der Waals surface area contributed by atoms with Crippen molar-refractivity contribution in [3.63, 3.8) is 0 Å². The van der Waals surface area contributed by atoms with E-state index in [1.54, 1.807) is 17.6 Å². The Morgan fingerprint density at radius 3 is 2.81 bits per heavy atom. The Labute approximate surface area is 175 Å². The quantitative estimate of drug-likeness (QED) is 0.312. The van der Waals surface area contributed by atoms with Gasteiger partial charge in [-0.1, -0.05) is 6.07 Å². The number of nitrogens with one attached hydrogen (secondary N) is 1. The zero-order chi connectivity index (χ0) is 17.5. The molecule has 1 N–H and O–H groups in total. The lowest BCUT2D eigenvalue weighted by Crippen LogP contribution is -2.39. The molecule has 0 saturated heterocycles. The van der Waals surface area contributed by atoms with Crippen molar-refractivity contribution in [3.8, 4) is 0 Å². The number of rotatable bonds is 7. The second kappa shape index (κ2) is 10.4. The summed E-state index contributed by atoms with van der Waals surface area (Å²) in [6.45, 7) is 2.28. The first-order chi connectivity index (χ1) is 12.2. The van der Waals surface area contributed by atoms with Crippen molar-refractivity contribution >= 4 is 41.3 Å². The predicted molar refractivity (Wildman–Crippen MR) is 118 cm³/mol. The van der Waals surface area contributed by atoms with Crippen LogP contribution in [-0.4, -0.2) is 29.0 Å². The Balaban J connectivity index is 0.00000243. The SMILES string of the molecule is CN(Cc1cccn1C)C(=NCc1cccs1)NCCc1ccco1.I. The third-order valence-corrected chi connectivity index (χ3v) is 4.87. The molecule has 0 radical (unpaired) electrons. The summed E-state index contributed by atoms with van der Waals surface area (Å²) in [5, 5.41) is 5.55. The minimum absolute atomic E-state index is 0. The Hall–Kier alpha value is -1.74. The number of nitrogens with zero attached hydrogens (tertiary/aromatic N) is 3. The number of aromatic nitrogens is 1. The zero-order valence-corrected chi connectivity index (χ0v) is 18.2. The molecule has 0 amide bonds. The lowest BCUT2D eigenvalue weighted by atomic mass is 10.3. The fourth-order valence-corrected chi connectivity index (χ4v) is 3.23. The van der Waals surface area contributed by atoms with E-state index < -0.39 is 0 Å². The lowest BCUT2D eigenvalue weighted by Gasteiger charge is -2.22. The molecule has 3 rings (SSSR count). The van der Waals surface area contributed by atoms with Crippen molar-refractivity contribution in [3.05, 3.63) is 70.6 Å². The van der Waals surface area contributed by atoms with E-state index in [1.807, 2.05) is 12.1 Å². The van der Waals surface area contributed by atoms with E-state index in [4.69, 9.17) is 9.41 Å². The number of furan rings is 1. The summed E-state index contributed by atoms with van der Waals surface area (Å²) in [7, 11) is 4.14. The number of aliphatic imine (C=N–C) groups is 1. The molecule has 0 aliphatic heterocycles. The smallest absolute Gasteiger partial charge is 0.194 e. The van der Waals surface area contributed by atoms with E-state index in [-0.39, 0.29) is 24.0 Å². The third kappa shape index (κ3) is 5.91. The third-order valence-electron chi connectivity index (χ3n) is 4.01. The highest BCUT2D eigenvalue weighted by atomic mass is 127. The van der Waals surface area contributed by atoms with Crippen molar-refractivity contribution in [1.82, 2.24) is 14.8 Å². The van der Waals surface area contributed by atoms with Gasteiger partial charge in [0.15, 0.2) is 5.96 Å². The largest absolute Gasteiger partial charge is 0.469 e. The number of hydrogen-bond acceptors (Lipinski definition) is 3. The number of halogens is 1. The van der Waals surface area contributed by atoms with Crippen LogP contribution in [0.15, 0.2) is 63.6 Å². The minimum Gasteiger partial charge on any atom is -0.469 e. The fraction of sp³-hybridized carbons (Fsp3) is 0.316. The molecule has 3 heterocycles. The minimum atomic E-state index is 0. The molecule has 0 unspecified atom stereocenters. The Morgan fingerprint density at radius 1 is 1.27 bits per heavy atom. The molecule has 0 bridgehead atoms. The second-order valence-electron chi connectivity index (χ2n) is 5.94. The molecule has 26 heavy (non-hydrogen) atoms. The van der Waals surface area contributed by atoms with Gasteiger partial charge in [0.25, 0.3) is 0 Å². The Kier molecular flexibility index (Phi) is 8.24. The number of thiophene rings is 1. The van der Waals surface area contributed by atoms with E-state index in [0.29, 0.717) is 6.54 Å². The maximum atomic E-state index is 5.40. The highest BCUT2D eigenvalue weighted by Gasteiger charge is 2.09. The molecule has 3 aromatic rings. The molecule has 0 atom stereocenters. The topological polar surface area (TPSA) is 45.7 Å². The van der Waals surface area contributed by atoms with Crippen LogP contribution < -0.4 is 5.32 Å². The molecule has 140 valence electrons. The van der Waals surface area contributed by atoms with Gasteiger partial charge >= 0.3 is 0 Å². The summed E-state index contributed by atoms with van der Waals surface area (Å²) >= 11 is 1.73. The summed E-state index contributed by atoms with van der Waals surface area (Å²) < 4.78 is 7.54. The van der Waals surface area contributed by atoms with Gasteiger partial charge in [-0.25, -0.2) is 4.99 Å². The van der Waals surface area contributed by atoms with Crippen LogP contribution in [0.25, 0.3) is 0 Å². The highest BCUT2D eigenvalue weighted by molar-refractivity contribution is 14.0. The van der Waals surface area contributed by atoms with Gasteiger partial charge < -0.3 is 19.2 Å². The van der Waals surface area contributed by atoms with Crippen LogP contribution in [0, 0.1) is 0 Å². The molecule has 5 nitrogen and oxygen atoms in total. The first-order valence-electron chi connectivity index (χ1n) is 8.37. The Bertz CT molecular complexity index is 780. The van der Waals surface area contributed by atoms with Crippen molar-refractivity contribution < 1.29 is 4.42 Å². The molecule has 0 fully saturated rings. The molecular weight excluding hydrogens is 459 g/mol. The van der Waals surface area contributed by atoms with E-state index >= 15 is 0 Å². The number of hydrogen-bond donors (Lipinski definition) is 1. The number of aryl methyl sites for hydroxylation is 1. The average molecular weight is 484 g/mol. The molecule has 0 aliphatic rings. The number of guanidine groups is 1. The first kappa shape index (κ1) is 20.6. The highest BCUT2D eigenvalue weighted by Crippen LogP contribution is 2.10. The zero-order valence-electron chi connectivity index (χ0n) is 15.1. The normalized spacial score (nSPS) is 11.2. The summed E-state index contributed by atoms with van der Waals surface area (Å²) in [4.78, 5) is 8.22. The standard InChI is InChI=1S/C19H24N4OS.HI/c1-22-11-3-6-16(22)15-23(2)19(21-14-18-8-5-13-25-18)20-10-9-17-7-4-12-24-17;/h3-8,11-13H,9-10,14-15H2,1-2H3,(H,20,21);1H. The fourth-order valence-electron chi connectivity index (χ4n) is 2.60. The Morgan fingerprint density at radius 2 is 2.15 bits per heavy atom. The van der Waals surface area contributed by atoms with Gasteiger partial charge in [0, 0.05) is 43.8 Å². The monoisotopic (exact) mass is 484 g/mol. The maximum absolute atomic E-state index is 5.40. The van der Waals surface area contributed by atoms with E-state index in [2.05, 4.69) is 64.7 Å². The lowest BCUT2D eigenvalue weighted by molar-refractivity contribution is 0.456. The maximum Gasteiger partial charge on any atom is 0.194 e. The summed E-state index contributed by atoms with van der Waals surface area (Å²) in [6.07, 6.45) is 4.61. The van der Waals surface area contributed by atoms with Crippen LogP contribution in [0.4, 0.5) is 0 Å². The van der Waals surface area contributed by atoms with E-state index in [9.17, 15) is 0 Å². The van der Waals surface area contributed by atoms with Crippen LogP contribution in [0.1, 0.15) is 16.3 Å². The van der Waals surface area contributed by atoms with Crippen LogP contribution in [0.3, 0.4) is 0 Å². The van der Waals surface area contributed by atoms with Gasteiger partial charge in [0.1, 0.15) is 5.76 Å². The van der Waals surface area contributed by atoms with Gasteiger partial charge in [-0.2, -0.15) is 0 Å². The molecule has 0 aliphatic carbocycles. The van der Waals surface area contributed by atoms with Gasteiger partial charge in [-0.15, -0.1) is 35.3 Å². The van der Waals surface area contributed by atoms with Gasteiger partial charge in [-0.3, -0.25) is 0 Å². The molecule has 0 aromatic carbocycles. The van der Waals surface area contributed by atoms with Gasteiger partial charge in [0.05, 0.1) is 19.4 Å². The summed E-state index contributed by atoms with van der Waals surface area (Å²) in [6, 6.07) is 12.3. The van der Waals surface area contributed by atoms with Crippen molar-refractivity contribution in [2.75, 3.05) is 13.6 Å². The molecular formula is C19H25IN4OS. The van der Waals surface area contributed by atoms with Crippen molar-refractivity contribution in [2.24, 2.45) is 12.0 Å². The summed E-state index contributed by atoms with van der Waals surface area (Å²) in [5.41, 5.74) is 1.25. The van der Waals surface area contributed by atoms with Gasteiger partial charge in [-0.05, 0) is 35.7 Å². The molecule has 0 spiro atoms. The molecule has 7 heteroatoms. The summed E-state index contributed by atoms with van der Waals surface area (Å²) in [5.74, 6) is 1.89.